The first-order valence-corrected chi connectivity index (χ1v) is 13.7. The maximum absolute atomic E-state index is 12.3. The second kappa shape index (κ2) is 10.9. The van der Waals surface area contributed by atoms with Gasteiger partial charge in [0.1, 0.15) is 12.2 Å². The predicted molar refractivity (Wildman–Crippen MR) is 135 cm³/mol. The van der Waals surface area contributed by atoms with Crippen LogP contribution in [-0.4, -0.2) is 36.7 Å². The van der Waals surface area contributed by atoms with E-state index in [1.165, 1.54) is 12.1 Å². The Morgan fingerprint density at radius 3 is 2.33 bits per heavy atom. The van der Waals surface area contributed by atoms with Gasteiger partial charge in [-0.2, -0.15) is 5.10 Å². The molecule has 0 spiro atoms. The molecule has 3 aromatic rings. The van der Waals surface area contributed by atoms with Gasteiger partial charge in [0, 0.05) is 24.3 Å². The van der Waals surface area contributed by atoms with Crippen LogP contribution in [0, 0.1) is 5.92 Å². The van der Waals surface area contributed by atoms with E-state index < -0.39 is 15.7 Å². The zero-order valence-corrected chi connectivity index (χ0v) is 20.9. The molecular formula is C26H30N4O5S. The van der Waals surface area contributed by atoms with Crippen molar-refractivity contribution in [1.29, 1.82) is 0 Å². The molecule has 1 aliphatic carbocycles. The van der Waals surface area contributed by atoms with Crippen LogP contribution < -0.4 is 11.1 Å². The maximum Gasteiger partial charge on any atom is 0.306 e. The number of nitrogens with one attached hydrogen (secondary N) is 2. The smallest absolute Gasteiger partial charge is 0.306 e. The van der Waals surface area contributed by atoms with E-state index in [1.807, 2.05) is 30.3 Å². The molecule has 4 rings (SSSR count). The lowest BCUT2D eigenvalue weighted by Gasteiger charge is -2.27. The number of carbonyl (C=O) groups is 2. The van der Waals surface area contributed by atoms with Crippen LogP contribution in [0.4, 0.5) is 11.5 Å². The number of sulfone groups is 1. The lowest BCUT2D eigenvalue weighted by atomic mass is 9.78. The zero-order valence-electron chi connectivity index (χ0n) is 20.1. The van der Waals surface area contributed by atoms with E-state index in [-0.39, 0.29) is 29.3 Å². The van der Waals surface area contributed by atoms with Gasteiger partial charge in [0.25, 0.3) is 5.91 Å². The van der Waals surface area contributed by atoms with Crippen LogP contribution in [0.3, 0.4) is 0 Å². The SMILES string of the molecule is CS(=O)(=O)c1ccc(Nc2n[nH]c(C3CCC(CC(=O)OCc4ccccc4)CC3)c2C(N)=O)cc1. The van der Waals surface area contributed by atoms with E-state index in [0.717, 1.165) is 37.5 Å². The molecule has 2 aromatic carbocycles. The minimum absolute atomic E-state index is 0.0692. The fourth-order valence-electron chi connectivity index (χ4n) is 4.60. The number of hydrogen-bond acceptors (Lipinski definition) is 7. The van der Waals surface area contributed by atoms with E-state index in [1.54, 1.807) is 12.1 Å². The van der Waals surface area contributed by atoms with E-state index in [0.29, 0.717) is 29.2 Å². The van der Waals surface area contributed by atoms with Crippen molar-refractivity contribution in [2.75, 3.05) is 11.6 Å². The number of aromatic nitrogens is 2. The average molecular weight is 511 g/mol. The molecule has 1 aromatic heterocycles. The van der Waals surface area contributed by atoms with Crippen LogP contribution in [0.2, 0.25) is 0 Å². The number of nitrogens with zero attached hydrogens (tertiary/aromatic N) is 1. The number of rotatable bonds is 9. The summed E-state index contributed by atoms with van der Waals surface area (Å²) in [7, 11) is -3.31. The summed E-state index contributed by atoms with van der Waals surface area (Å²) in [4.78, 5) is 24.8. The molecule has 1 saturated carbocycles. The fraction of sp³-hybridized carbons (Fsp3) is 0.346. The molecular weight excluding hydrogens is 480 g/mol. The number of benzene rings is 2. The van der Waals surface area contributed by atoms with Crippen LogP contribution >= 0.6 is 0 Å². The maximum atomic E-state index is 12.3. The topological polar surface area (TPSA) is 144 Å². The first kappa shape index (κ1) is 25.4. The van der Waals surface area contributed by atoms with Gasteiger partial charge in [-0.25, -0.2) is 8.42 Å². The third-order valence-electron chi connectivity index (χ3n) is 6.54. The Bertz CT molecular complexity index is 1310. The molecule has 0 aliphatic heterocycles. The van der Waals surface area contributed by atoms with Crippen molar-refractivity contribution >= 4 is 33.2 Å². The first-order chi connectivity index (χ1) is 17.2. The van der Waals surface area contributed by atoms with Crippen LogP contribution in [0.25, 0.3) is 0 Å². The molecule has 190 valence electrons. The summed E-state index contributed by atoms with van der Waals surface area (Å²) < 4.78 is 28.8. The Kier molecular flexibility index (Phi) is 7.73. The number of primary amides is 1. The van der Waals surface area contributed by atoms with Crippen LogP contribution in [0.15, 0.2) is 59.5 Å². The fourth-order valence-corrected chi connectivity index (χ4v) is 5.23. The van der Waals surface area contributed by atoms with Gasteiger partial charge >= 0.3 is 5.97 Å². The van der Waals surface area contributed by atoms with Gasteiger partial charge in [-0.05, 0) is 61.4 Å². The van der Waals surface area contributed by atoms with Gasteiger partial charge < -0.3 is 15.8 Å². The average Bonchev–Trinajstić information content (AvgIpc) is 3.27. The molecule has 0 unspecified atom stereocenters. The number of esters is 1. The van der Waals surface area contributed by atoms with Crippen LogP contribution in [-0.2, 0) is 26.0 Å². The first-order valence-electron chi connectivity index (χ1n) is 11.9. The quantitative estimate of drug-likeness (QED) is 0.368. The Hall–Kier alpha value is -3.66. The molecule has 0 atom stereocenters. The predicted octanol–water partition coefficient (Wildman–Crippen LogP) is 4.06. The Morgan fingerprint density at radius 1 is 1.06 bits per heavy atom. The minimum atomic E-state index is -3.31. The zero-order chi connectivity index (χ0) is 25.7. The largest absolute Gasteiger partial charge is 0.461 e. The van der Waals surface area contributed by atoms with Gasteiger partial charge in [-0.15, -0.1) is 0 Å². The van der Waals surface area contributed by atoms with Gasteiger partial charge in [-0.1, -0.05) is 30.3 Å². The summed E-state index contributed by atoms with van der Waals surface area (Å²) in [5, 5.41) is 10.3. The summed E-state index contributed by atoms with van der Waals surface area (Å²) in [5.74, 6) is -0.193. The van der Waals surface area contributed by atoms with Crippen molar-refractivity contribution in [3.8, 4) is 0 Å². The Labute approximate surface area is 210 Å². The third kappa shape index (κ3) is 6.31. The molecule has 9 nitrogen and oxygen atoms in total. The highest BCUT2D eigenvalue weighted by Crippen LogP contribution is 2.39. The molecule has 4 N–H and O–H groups in total. The van der Waals surface area contributed by atoms with Gasteiger partial charge in [0.2, 0.25) is 0 Å². The van der Waals surface area contributed by atoms with Crippen LogP contribution in [0.1, 0.15) is 59.6 Å². The van der Waals surface area contributed by atoms with Crippen LogP contribution in [0.5, 0.6) is 0 Å². The lowest BCUT2D eigenvalue weighted by molar-refractivity contribution is -0.146. The number of H-pyrrole nitrogens is 1. The van der Waals surface area contributed by atoms with Crippen molar-refractivity contribution < 1.29 is 22.7 Å². The van der Waals surface area contributed by atoms with Crippen molar-refractivity contribution in [2.45, 2.75) is 49.5 Å². The standard InChI is InChI=1S/C26H30N4O5S/c1-36(33,34)21-13-11-20(12-14-21)28-26-23(25(27)32)24(29-30-26)19-9-7-17(8-10-19)15-22(31)35-16-18-5-3-2-4-6-18/h2-6,11-14,17,19H,7-10,15-16H2,1H3,(H2,27,32)(H2,28,29,30). The number of hydrogen-bond donors (Lipinski definition) is 3. The molecule has 0 bridgehead atoms. The van der Waals surface area contributed by atoms with Crippen molar-refractivity contribution in [2.24, 2.45) is 11.7 Å². The Morgan fingerprint density at radius 2 is 1.72 bits per heavy atom. The summed E-state index contributed by atoms with van der Waals surface area (Å²) in [6.45, 7) is 0.276. The molecule has 1 amide bonds. The molecule has 36 heavy (non-hydrogen) atoms. The summed E-state index contributed by atoms with van der Waals surface area (Å²) in [6, 6.07) is 15.8. The molecule has 1 fully saturated rings. The number of amides is 1. The highest BCUT2D eigenvalue weighted by molar-refractivity contribution is 7.90. The van der Waals surface area contributed by atoms with E-state index in [2.05, 4.69) is 15.5 Å². The normalized spacial score (nSPS) is 17.9. The number of ether oxygens (including phenoxy) is 1. The molecule has 0 radical (unpaired) electrons. The molecule has 10 heteroatoms. The van der Waals surface area contributed by atoms with E-state index in [4.69, 9.17) is 10.5 Å². The number of carbonyl (C=O) groups excluding carboxylic acids is 2. The summed E-state index contributed by atoms with van der Waals surface area (Å²) in [6.07, 6.45) is 4.77. The molecule has 1 heterocycles. The summed E-state index contributed by atoms with van der Waals surface area (Å²) >= 11 is 0. The molecule has 0 saturated heterocycles. The third-order valence-corrected chi connectivity index (χ3v) is 7.67. The van der Waals surface area contributed by atoms with E-state index >= 15 is 0 Å². The van der Waals surface area contributed by atoms with Crippen molar-refractivity contribution in [1.82, 2.24) is 10.2 Å². The van der Waals surface area contributed by atoms with Crippen molar-refractivity contribution in [3.05, 3.63) is 71.4 Å². The second-order valence-corrected chi connectivity index (χ2v) is 11.2. The van der Waals surface area contributed by atoms with E-state index in [9.17, 15) is 18.0 Å². The highest BCUT2D eigenvalue weighted by atomic mass is 32.2. The van der Waals surface area contributed by atoms with Crippen molar-refractivity contribution in [3.63, 3.8) is 0 Å². The highest BCUT2D eigenvalue weighted by Gasteiger charge is 2.30. The molecule has 1 aliphatic rings. The second-order valence-electron chi connectivity index (χ2n) is 9.21. The number of nitrogens with two attached hydrogens (primary N) is 1. The number of anilines is 2. The number of aromatic amines is 1. The van der Waals surface area contributed by atoms with Gasteiger partial charge in [0.05, 0.1) is 10.6 Å². The monoisotopic (exact) mass is 510 g/mol. The minimum Gasteiger partial charge on any atom is -0.461 e. The summed E-state index contributed by atoms with van der Waals surface area (Å²) in [5.41, 5.74) is 8.22. The van der Waals surface area contributed by atoms with Gasteiger partial charge in [0.15, 0.2) is 15.7 Å². The Balaban J connectivity index is 1.35. The van der Waals surface area contributed by atoms with Gasteiger partial charge in [-0.3, -0.25) is 14.7 Å². The lowest BCUT2D eigenvalue weighted by Crippen LogP contribution is -2.21.